The minimum Gasteiger partial charge on any atom is -0.481 e. The van der Waals surface area contributed by atoms with Gasteiger partial charge >= 0.3 is 5.97 Å². The van der Waals surface area contributed by atoms with Crippen LogP contribution in [0.5, 0.6) is 0 Å². The number of para-hydroxylation sites is 1. The zero-order valence-electron chi connectivity index (χ0n) is 14.5. The minimum atomic E-state index is -0.930. The molecule has 27 heavy (non-hydrogen) atoms. The molecule has 0 unspecified atom stereocenters. The summed E-state index contributed by atoms with van der Waals surface area (Å²) in [6.45, 7) is 0.562. The van der Waals surface area contributed by atoms with Crippen LogP contribution in [0.15, 0.2) is 48.5 Å². The molecule has 140 valence electrons. The Bertz CT molecular complexity index is 869. The molecule has 2 aromatic carbocycles. The third kappa shape index (κ3) is 4.22. The van der Waals surface area contributed by atoms with Crippen molar-refractivity contribution in [2.45, 2.75) is 12.8 Å². The van der Waals surface area contributed by atoms with Crippen molar-refractivity contribution in [2.24, 2.45) is 5.92 Å². The lowest BCUT2D eigenvalue weighted by Crippen LogP contribution is -2.42. The molecule has 2 aromatic rings. The van der Waals surface area contributed by atoms with Crippen molar-refractivity contribution in [3.8, 4) is 0 Å². The third-order valence-corrected chi connectivity index (χ3v) is 4.55. The van der Waals surface area contributed by atoms with Gasteiger partial charge in [0.2, 0.25) is 0 Å². The highest BCUT2D eigenvalue weighted by molar-refractivity contribution is 5.96. The lowest BCUT2D eigenvalue weighted by molar-refractivity contribution is -0.383. The Kier molecular flexibility index (Phi) is 5.35. The van der Waals surface area contributed by atoms with Gasteiger partial charge in [-0.25, -0.2) is 0 Å². The maximum absolute atomic E-state index is 12.7. The van der Waals surface area contributed by atoms with E-state index < -0.39 is 22.7 Å². The van der Waals surface area contributed by atoms with Gasteiger partial charge in [0, 0.05) is 30.4 Å². The monoisotopic (exact) mass is 369 g/mol. The Morgan fingerprint density at radius 3 is 2.59 bits per heavy atom. The number of piperidine rings is 1. The molecule has 3 rings (SSSR count). The third-order valence-electron chi connectivity index (χ3n) is 4.55. The number of aliphatic carboxylic acids is 1. The molecular weight excluding hydrogens is 350 g/mol. The van der Waals surface area contributed by atoms with Crippen LogP contribution >= 0.6 is 0 Å². The number of carbonyl (C=O) groups excluding carboxylic acids is 1. The number of amides is 1. The number of nitro benzene ring substituents is 1. The fraction of sp³-hybridized carbons (Fsp3) is 0.263. The van der Waals surface area contributed by atoms with Gasteiger partial charge in [0.25, 0.3) is 11.6 Å². The van der Waals surface area contributed by atoms with E-state index in [1.54, 1.807) is 24.3 Å². The van der Waals surface area contributed by atoms with Crippen LogP contribution in [-0.4, -0.2) is 39.9 Å². The molecule has 0 radical (unpaired) electrons. The van der Waals surface area contributed by atoms with Crippen LogP contribution in [0.2, 0.25) is 0 Å². The van der Waals surface area contributed by atoms with Crippen LogP contribution < -0.4 is 5.32 Å². The number of hydrogen-bond acceptors (Lipinski definition) is 5. The first-order valence-electron chi connectivity index (χ1n) is 8.58. The molecule has 8 nitrogen and oxygen atoms in total. The Balaban J connectivity index is 1.84. The topological polar surface area (TPSA) is 113 Å². The standard InChI is InChI=1S/C19H19N3O5/c23-18(21-10-4-5-14(12-21)19(24)25)13-8-9-16(17(11-13)22(26)27)20-15-6-2-1-3-7-15/h1-3,6-9,11,14,20H,4-5,10,12H2,(H,24,25)/t14-/m0/s1. The average Bonchev–Trinajstić information content (AvgIpc) is 2.68. The smallest absolute Gasteiger partial charge is 0.308 e. The van der Waals surface area contributed by atoms with Crippen molar-refractivity contribution in [3.05, 3.63) is 64.2 Å². The molecule has 1 heterocycles. The molecule has 0 saturated carbocycles. The second-order valence-corrected chi connectivity index (χ2v) is 6.41. The predicted molar refractivity (Wildman–Crippen MR) is 99.1 cm³/mol. The van der Waals surface area contributed by atoms with E-state index >= 15 is 0 Å². The molecule has 0 aliphatic carbocycles. The maximum Gasteiger partial charge on any atom is 0.308 e. The minimum absolute atomic E-state index is 0.117. The number of carboxylic acid groups (broad SMARTS) is 1. The molecule has 1 aliphatic heterocycles. The predicted octanol–water partition coefficient (Wildman–Crippen LogP) is 3.28. The van der Waals surface area contributed by atoms with E-state index in [2.05, 4.69) is 5.32 Å². The summed E-state index contributed by atoms with van der Waals surface area (Å²) in [6, 6.07) is 13.3. The van der Waals surface area contributed by atoms with E-state index in [0.717, 1.165) is 0 Å². The largest absolute Gasteiger partial charge is 0.481 e. The van der Waals surface area contributed by atoms with Crippen molar-refractivity contribution < 1.29 is 19.6 Å². The van der Waals surface area contributed by atoms with Gasteiger partial charge in [-0.1, -0.05) is 18.2 Å². The van der Waals surface area contributed by atoms with Gasteiger partial charge in [-0.05, 0) is 37.1 Å². The first-order chi connectivity index (χ1) is 13.0. The number of rotatable bonds is 5. The Hall–Kier alpha value is -3.42. The van der Waals surface area contributed by atoms with Crippen molar-refractivity contribution >= 4 is 28.9 Å². The summed E-state index contributed by atoms with van der Waals surface area (Å²) >= 11 is 0. The molecule has 2 N–H and O–H groups in total. The van der Waals surface area contributed by atoms with Crippen LogP contribution in [0.1, 0.15) is 23.2 Å². The van der Waals surface area contributed by atoms with E-state index in [4.69, 9.17) is 5.11 Å². The van der Waals surface area contributed by atoms with Gasteiger partial charge < -0.3 is 15.3 Å². The number of carbonyl (C=O) groups is 2. The van der Waals surface area contributed by atoms with E-state index in [-0.39, 0.29) is 23.5 Å². The molecule has 8 heteroatoms. The number of hydrogen-bond donors (Lipinski definition) is 2. The van der Waals surface area contributed by atoms with E-state index in [0.29, 0.717) is 25.1 Å². The molecule has 0 aromatic heterocycles. The summed E-state index contributed by atoms with van der Waals surface area (Å²) in [5, 5.41) is 23.6. The van der Waals surface area contributed by atoms with Gasteiger partial charge in [-0.15, -0.1) is 0 Å². The van der Waals surface area contributed by atoms with Crippen molar-refractivity contribution in [1.29, 1.82) is 0 Å². The van der Waals surface area contributed by atoms with Gasteiger partial charge in [0.1, 0.15) is 5.69 Å². The van der Waals surface area contributed by atoms with E-state index in [9.17, 15) is 19.7 Å². The van der Waals surface area contributed by atoms with Crippen LogP contribution in [0.3, 0.4) is 0 Å². The van der Waals surface area contributed by atoms with Crippen LogP contribution in [-0.2, 0) is 4.79 Å². The average molecular weight is 369 g/mol. The number of benzene rings is 2. The summed E-state index contributed by atoms with van der Waals surface area (Å²) in [4.78, 5) is 36.3. The molecule has 0 spiro atoms. The number of carboxylic acids is 1. The number of anilines is 2. The SMILES string of the molecule is O=C(O)[C@H]1CCCN(C(=O)c2ccc(Nc3ccccc3)c([N+](=O)[O-])c2)C1. The Morgan fingerprint density at radius 1 is 1.19 bits per heavy atom. The number of nitro groups is 1. The van der Waals surface area contributed by atoms with Crippen molar-refractivity contribution in [3.63, 3.8) is 0 Å². The Labute approximate surface area is 155 Å². The van der Waals surface area contributed by atoms with Crippen molar-refractivity contribution in [2.75, 3.05) is 18.4 Å². The van der Waals surface area contributed by atoms with Crippen LogP contribution in [0, 0.1) is 16.0 Å². The number of nitrogens with one attached hydrogen (secondary N) is 1. The van der Waals surface area contributed by atoms with Crippen LogP contribution in [0.25, 0.3) is 0 Å². The molecule has 1 saturated heterocycles. The normalized spacial score (nSPS) is 16.6. The fourth-order valence-corrected chi connectivity index (χ4v) is 3.14. The summed E-state index contributed by atoms with van der Waals surface area (Å²) in [5.41, 5.74) is 0.938. The van der Waals surface area contributed by atoms with Gasteiger partial charge in [-0.3, -0.25) is 19.7 Å². The highest BCUT2D eigenvalue weighted by Gasteiger charge is 2.29. The lowest BCUT2D eigenvalue weighted by Gasteiger charge is -2.30. The van der Waals surface area contributed by atoms with Crippen molar-refractivity contribution in [1.82, 2.24) is 4.90 Å². The Morgan fingerprint density at radius 2 is 1.93 bits per heavy atom. The second-order valence-electron chi connectivity index (χ2n) is 6.41. The highest BCUT2D eigenvalue weighted by Crippen LogP contribution is 2.29. The highest BCUT2D eigenvalue weighted by atomic mass is 16.6. The number of nitrogens with zero attached hydrogens (tertiary/aromatic N) is 2. The molecule has 1 amide bonds. The summed E-state index contributed by atoms with van der Waals surface area (Å²) in [7, 11) is 0. The molecule has 1 aliphatic rings. The van der Waals surface area contributed by atoms with Crippen LogP contribution in [0.4, 0.5) is 17.1 Å². The second kappa shape index (κ2) is 7.86. The lowest BCUT2D eigenvalue weighted by atomic mass is 9.97. The zero-order chi connectivity index (χ0) is 19.4. The fourth-order valence-electron chi connectivity index (χ4n) is 3.14. The first kappa shape index (κ1) is 18.4. The summed E-state index contributed by atoms with van der Waals surface area (Å²) in [5.74, 6) is -1.92. The van der Waals surface area contributed by atoms with Gasteiger partial charge in [0.15, 0.2) is 0 Å². The molecule has 1 atom stereocenters. The molecule has 0 bridgehead atoms. The first-order valence-corrected chi connectivity index (χ1v) is 8.58. The number of likely N-dealkylation sites (tertiary alicyclic amines) is 1. The van der Waals surface area contributed by atoms with Gasteiger partial charge in [-0.2, -0.15) is 0 Å². The zero-order valence-corrected chi connectivity index (χ0v) is 14.5. The summed E-state index contributed by atoms with van der Waals surface area (Å²) in [6.07, 6.45) is 1.12. The quantitative estimate of drug-likeness (QED) is 0.618. The molecular formula is C19H19N3O5. The molecule has 1 fully saturated rings. The van der Waals surface area contributed by atoms with Gasteiger partial charge in [0.05, 0.1) is 10.8 Å². The maximum atomic E-state index is 12.7. The summed E-state index contributed by atoms with van der Waals surface area (Å²) < 4.78 is 0. The van der Waals surface area contributed by atoms with E-state index in [1.165, 1.54) is 23.1 Å². The van der Waals surface area contributed by atoms with E-state index in [1.807, 2.05) is 6.07 Å².